The van der Waals surface area contributed by atoms with Crippen molar-refractivity contribution in [3.8, 4) is 17.2 Å². The summed E-state index contributed by atoms with van der Waals surface area (Å²) in [7, 11) is 0. The summed E-state index contributed by atoms with van der Waals surface area (Å²) in [5.41, 5.74) is 0.740. The van der Waals surface area contributed by atoms with Crippen molar-refractivity contribution in [1.29, 1.82) is 0 Å². The Bertz CT molecular complexity index is 579. The van der Waals surface area contributed by atoms with Crippen LogP contribution in [0.15, 0.2) is 22.7 Å². The van der Waals surface area contributed by atoms with E-state index in [1.807, 2.05) is 12.1 Å². The Balaban J connectivity index is 1.85. The van der Waals surface area contributed by atoms with Crippen LogP contribution in [0, 0.1) is 3.57 Å². The second-order valence-electron chi connectivity index (χ2n) is 4.51. The van der Waals surface area contributed by atoms with Gasteiger partial charge in [0.15, 0.2) is 5.82 Å². The summed E-state index contributed by atoms with van der Waals surface area (Å²) in [4.78, 5) is 4.43. The molecule has 2 heterocycles. The molecule has 2 aromatic rings. The molecule has 0 unspecified atom stereocenters. The van der Waals surface area contributed by atoms with Crippen LogP contribution in [-0.2, 0) is 4.74 Å². The molecule has 1 aromatic carbocycles. The van der Waals surface area contributed by atoms with Crippen molar-refractivity contribution in [3.05, 3.63) is 27.6 Å². The number of phenolic OH excluding ortho intramolecular Hbond substituents is 1. The van der Waals surface area contributed by atoms with Crippen LogP contribution in [0.2, 0.25) is 0 Å². The van der Waals surface area contributed by atoms with E-state index in [2.05, 4.69) is 32.7 Å². The molecule has 0 atom stereocenters. The zero-order valence-electron chi connectivity index (χ0n) is 10.2. The van der Waals surface area contributed by atoms with Crippen molar-refractivity contribution in [1.82, 2.24) is 10.1 Å². The Labute approximate surface area is 124 Å². The van der Waals surface area contributed by atoms with E-state index in [-0.39, 0.29) is 5.75 Å². The number of phenols is 1. The largest absolute Gasteiger partial charge is 0.507 e. The molecule has 1 aliphatic heterocycles. The first-order chi connectivity index (χ1) is 9.24. The molecule has 1 N–H and O–H groups in total. The quantitative estimate of drug-likeness (QED) is 0.822. The lowest BCUT2D eigenvalue weighted by Crippen LogP contribution is -2.15. The van der Waals surface area contributed by atoms with E-state index in [9.17, 15) is 5.11 Å². The third-order valence-electron chi connectivity index (χ3n) is 3.22. The summed E-state index contributed by atoms with van der Waals surface area (Å²) in [5, 5.41) is 13.7. The number of nitrogens with zero attached hydrogens (tertiary/aromatic N) is 2. The SMILES string of the molecule is Oc1cc(-c2nc(C3CCOCC3)no2)ccc1I. The molecule has 0 saturated carbocycles. The molecule has 0 bridgehead atoms. The minimum absolute atomic E-state index is 0.226. The first-order valence-electron chi connectivity index (χ1n) is 6.14. The van der Waals surface area contributed by atoms with Crippen LogP contribution in [-0.4, -0.2) is 28.5 Å². The second-order valence-corrected chi connectivity index (χ2v) is 5.67. The van der Waals surface area contributed by atoms with Crippen LogP contribution in [0.5, 0.6) is 5.75 Å². The summed E-state index contributed by atoms with van der Waals surface area (Å²) in [6.45, 7) is 1.50. The zero-order valence-corrected chi connectivity index (χ0v) is 12.3. The summed E-state index contributed by atoms with van der Waals surface area (Å²) < 4.78 is 11.4. The smallest absolute Gasteiger partial charge is 0.258 e. The highest BCUT2D eigenvalue weighted by Crippen LogP contribution is 2.29. The predicted octanol–water partition coefficient (Wildman–Crippen LogP) is 2.94. The van der Waals surface area contributed by atoms with Crippen LogP contribution in [0.1, 0.15) is 24.6 Å². The summed E-state index contributed by atoms with van der Waals surface area (Å²) in [6, 6.07) is 5.33. The molecular formula is C13H13IN2O3. The average molecular weight is 372 g/mol. The first kappa shape index (κ1) is 12.9. The van der Waals surface area contributed by atoms with E-state index in [0.29, 0.717) is 11.8 Å². The summed E-state index contributed by atoms with van der Waals surface area (Å²) in [6.07, 6.45) is 1.85. The van der Waals surface area contributed by atoms with Gasteiger partial charge in [-0.15, -0.1) is 0 Å². The molecule has 6 heteroatoms. The molecule has 3 rings (SSSR count). The molecule has 1 aliphatic rings. The van der Waals surface area contributed by atoms with Gasteiger partial charge in [-0.05, 0) is 53.6 Å². The molecule has 1 fully saturated rings. The maximum atomic E-state index is 9.70. The van der Waals surface area contributed by atoms with Crippen LogP contribution >= 0.6 is 22.6 Å². The van der Waals surface area contributed by atoms with Crippen LogP contribution in [0.4, 0.5) is 0 Å². The third kappa shape index (κ3) is 2.74. The Hall–Kier alpha value is -1.15. The van der Waals surface area contributed by atoms with Crippen LogP contribution in [0.3, 0.4) is 0 Å². The number of hydrogen-bond donors (Lipinski definition) is 1. The van der Waals surface area contributed by atoms with Gasteiger partial charge >= 0.3 is 0 Å². The fourth-order valence-electron chi connectivity index (χ4n) is 2.12. The summed E-state index contributed by atoms with van der Waals surface area (Å²) in [5.74, 6) is 1.72. The molecule has 100 valence electrons. The molecule has 0 amide bonds. The molecule has 0 spiro atoms. The highest BCUT2D eigenvalue weighted by molar-refractivity contribution is 14.1. The fourth-order valence-corrected chi connectivity index (χ4v) is 2.45. The maximum Gasteiger partial charge on any atom is 0.258 e. The van der Waals surface area contributed by atoms with Crippen molar-refractivity contribution < 1.29 is 14.4 Å². The zero-order chi connectivity index (χ0) is 13.2. The van der Waals surface area contributed by atoms with Crippen molar-refractivity contribution in [2.45, 2.75) is 18.8 Å². The molecule has 0 radical (unpaired) electrons. The Kier molecular flexibility index (Phi) is 3.69. The van der Waals surface area contributed by atoms with Crippen molar-refractivity contribution in [2.24, 2.45) is 0 Å². The lowest BCUT2D eigenvalue weighted by atomic mass is 10.00. The van der Waals surface area contributed by atoms with E-state index in [4.69, 9.17) is 9.26 Å². The van der Waals surface area contributed by atoms with Gasteiger partial charge in [-0.2, -0.15) is 4.98 Å². The minimum Gasteiger partial charge on any atom is -0.507 e. The topological polar surface area (TPSA) is 68.4 Å². The van der Waals surface area contributed by atoms with Gasteiger partial charge in [0.2, 0.25) is 0 Å². The maximum absolute atomic E-state index is 9.70. The Morgan fingerprint density at radius 3 is 2.79 bits per heavy atom. The predicted molar refractivity (Wildman–Crippen MR) is 76.9 cm³/mol. The number of hydrogen-bond acceptors (Lipinski definition) is 5. The lowest BCUT2D eigenvalue weighted by molar-refractivity contribution is 0.0830. The van der Waals surface area contributed by atoms with Gasteiger partial charge in [0.05, 0.1) is 3.57 Å². The van der Waals surface area contributed by atoms with Crippen LogP contribution in [0.25, 0.3) is 11.5 Å². The standard InChI is InChI=1S/C13H13IN2O3/c14-10-2-1-9(7-11(10)17)13-15-12(16-19-13)8-3-5-18-6-4-8/h1-2,7-8,17H,3-6H2. The summed E-state index contributed by atoms with van der Waals surface area (Å²) >= 11 is 2.07. The third-order valence-corrected chi connectivity index (χ3v) is 4.13. The van der Waals surface area contributed by atoms with Crippen LogP contribution < -0.4 is 0 Å². The highest BCUT2D eigenvalue weighted by atomic mass is 127. The number of benzene rings is 1. The van der Waals surface area contributed by atoms with Gasteiger partial charge in [0.1, 0.15) is 5.75 Å². The van der Waals surface area contributed by atoms with E-state index in [0.717, 1.165) is 41.0 Å². The average Bonchev–Trinajstić information content (AvgIpc) is 2.93. The Morgan fingerprint density at radius 2 is 2.05 bits per heavy atom. The van der Waals surface area contributed by atoms with Gasteiger partial charge in [0, 0.05) is 24.7 Å². The normalized spacial score (nSPS) is 16.7. The molecule has 19 heavy (non-hydrogen) atoms. The monoisotopic (exact) mass is 372 g/mol. The molecule has 1 saturated heterocycles. The number of ether oxygens (including phenoxy) is 1. The van der Waals surface area contributed by atoms with Gasteiger partial charge in [-0.3, -0.25) is 0 Å². The van der Waals surface area contributed by atoms with Crippen molar-refractivity contribution in [2.75, 3.05) is 13.2 Å². The van der Waals surface area contributed by atoms with Gasteiger partial charge in [-0.25, -0.2) is 0 Å². The number of halogens is 1. The highest BCUT2D eigenvalue weighted by Gasteiger charge is 2.21. The van der Waals surface area contributed by atoms with E-state index in [1.54, 1.807) is 6.07 Å². The van der Waals surface area contributed by atoms with Gasteiger partial charge in [0.25, 0.3) is 5.89 Å². The van der Waals surface area contributed by atoms with Gasteiger partial charge < -0.3 is 14.4 Å². The first-order valence-corrected chi connectivity index (χ1v) is 7.22. The van der Waals surface area contributed by atoms with Crippen molar-refractivity contribution >= 4 is 22.6 Å². The number of aromatic hydroxyl groups is 1. The number of rotatable bonds is 2. The van der Waals surface area contributed by atoms with E-state index >= 15 is 0 Å². The molecule has 5 nitrogen and oxygen atoms in total. The van der Waals surface area contributed by atoms with Crippen molar-refractivity contribution in [3.63, 3.8) is 0 Å². The molecular weight excluding hydrogens is 359 g/mol. The fraction of sp³-hybridized carbons (Fsp3) is 0.385. The lowest BCUT2D eigenvalue weighted by Gasteiger charge is -2.18. The Morgan fingerprint density at radius 1 is 1.26 bits per heavy atom. The van der Waals surface area contributed by atoms with Gasteiger partial charge in [-0.1, -0.05) is 5.16 Å². The molecule has 0 aliphatic carbocycles. The second kappa shape index (κ2) is 5.46. The van der Waals surface area contributed by atoms with E-state index in [1.165, 1.54) is 0 Å². The van der Waals surface area contributed by atoms with E-state index < -0.39 is 0 Å². The minimum atomic E-state index is 0.226. The molecule has 1 aromatic heterocycles. The number of aromatic nitrogens is 2.